The van der Waals surface area contributed by atoms with E-state index in [9.17, 15) is 22.8 Å². The van der Waals surface area contributed by atoms with Gasteiger partial charge >= 0.3 is 6.18 Å². The van der Waals surface area contributed by atoms with Gasteiger partial charge in [-0.15, -0.1) is 0 Å². The van der Waals surface area contributed by atoms with Crippen LogP contribution in [0.2, 0.25) is 0 Å². The van der Waals surface area contributed by atoms with Crippen molar-refractivity contribution >= 4 is 11.7 Å². The van der Waals surface area contributed by atoms with Gasteiger partial charge in [-0.05, 0) is 49.9 Å². The van der Waals surface area contributed by atoms with E-state index in [2.05, 4.69) is 10.3 Å². The number of fused-ring (bicyclic) bond motifs is 1. The Bertz CT molecular complexity index is 868. The smallest absolute Gasteiger partial charge is 0.354 e. The van der Waals surface area contributed by atoms with E-state index >= 15 is 0 Å². The van der Waals surface area contributed by atoms with Gasteiger partial charge in [0.25, 0.3) is 5.91 Å². The van der Waals surface area contributed by atoms with Gasteiger partial charge in [0.15, 0.2) is 5.78 Å². The average Bonchev–Trinajstić information content (AvgIpc) is 2.92. The van der Waals surface area contributed by atoms with Crippen molar-refractivity contribution in [3.8, 4) is 0 Å². The normalized spacial score (nSPS) is 15.5. The van der Waals surface area contributed by atoms with E-state index in [1.165, 1.54) is 12.1 Å². The van der Waals surface area contributed by atoms with Crippen molar-refractivity contribution in [3.05, 3.63) is 57.9 Å². The topological polar surface area (TPSA) is 62.0 Å². The quantitative estimate of drug-likeness (QED) is 0.850. The van der Waals surface area contributed by atoms with Crippen LogP contribution in [0.4, 0.5) is 13.2 Å². The fraction of sp³-hybridized carbons (Fsp3) is 0.368. The maximum atomic E-state index is 12.9. The summed E-state index contributed by atoms with van der Waals surface area (Å²) in [5.74, 6) is -0.417. The van der Waals surface area contributed by atoms with Crippen LogP contribution in [-0.4, -0.2) is 16.7 Å². The molecular formula is C19H19F3N2O2. The molecule has 1 amide bonds. The Morgan fingerprint density at radius 2 is 2.00 bits per heavy atom. The fourth-order valence-electron chi connectivity index (χ4n) is 3.34. The lowest BCUT2D eigenvalue weighted by molar-refractivity contribution is -0.137. The maximum absolute atomic E-state index is 12.9. The molecule has 7 heteroatoms. The molecule has 0 fully saturated rings. The number of aryl methyl sites for hydroxylation is 1. The van der Waals surface area contributed by atoms with Gasteiger partial charge in [0.2, 0.25) is 0 Å². The first-order valence-corrected chi connectivity index (χ1v) is 8.41. The number of H-pyrrole nitrogens is 1. The van der Waals surface area contributed by atoms with E-state index in [4.69, 9.17) is 0 Å². The summed E-state index contributed by atoms with van der Waals surface area (Å²) in [6, 6.07) is 4.27. The molecule has 0 saturated carbocycles. The van der Waals surface area contributed by atoms with Gasteiger partial charge in [-0.1, -0.05) is 12.1 Å². The van der Waals surface area contributed by atoms with E-state index in [-0.39, 0.29) is 5.78 Å². The van der Waals surface area contributed by atoms with Crippen LogP contribution in [0.3, 0.4) is 0 Å². The summed E-state index contributed by atoms with van der Waals surface area (Å²) >= 11 is 0. The zero-order chi connectivity index (χ0) is 19.1. The summed E-state index contributed by atoms with van der Waals surface area (Å²) in [6.07, 6.45) is -2.52. The van der Waals surface area contributed by atoms with Gasteiger partial charge in [-0.25, -0.2) is 0 Å². The summed E-state index contributed by atoms with van der Waals surface area (Å²) in [7, 11) is 0. The second-order valence-electron chi connectivity index (χ2n) is 6.57. The standard InChI is InChI=1S/C19H19F3N2O2/c1-10-16-14(7-4-8-15(16)25)24-17(10)18(26)23-11(2)12-5-3-6-13(9-12)19(20,21)22/h3,5-6,9,11,24H,4,7-8H2,1-2H3,(H,23,26). The number of benzene rings is 1. The van der Waals surface area contributed by atoms with Crippen LogP contribution >= 0.6 is 0 Å². The third kappa shape index (κ3) is 3.38. The number of aromatic nitrogens is 1. The van der Waals surface area contributed by atoms with Crippen LogP contribution in [-0.2, 0) is 12.6 Å². The molecule has 0 aliphatic heterocycles. The van der Waals surface area contributed by atoms with Crippen LogP contribution in [0.25, 0.3) is 0 Å². The van der Waals surface area contributed by atoms with Crippen molar-refractivity contribution in [1.29, 1.82) is 0 Å². The third-order valence-corrected chi connectivity index (χ3v) is 4.73. The van der Waals surface area contributed by atoms with Gasteiger partial charge in [0, 0.05) is 17.7 Å². The number of nitrogens with one attached hydrogen (secondary N) is 2. The first-order valence-electron chi connectivity index (χ1n) is 8.41. The van der Waals surface area contributed by atoms with Crippen LogP contribution in [0.1, 0.15) is 69.0 Å². The lowest BCUT2D eigenvalue weighted by atomic mass is 9.94. The molecule has 1 aliphatic rings. The van der Waals surface area contributed by atoms with Crippen molar-refractivity contribution < 1.29 is 22.8 Å². The molecule has 0 saturated heterocycles. The highest BCUT2D eigenvalue weighted by Crippen LogP contribution is 2.31. The van der Waals surface area contributed by atoms with Crippen LogP contribution in [0.15, 0.2) is 24.3 Å². The SMILES string of the molecule is Cc1c(C(=O)NC(C)c2cccc(C(F)(F)F)c2)[nH]c2c1C(=O)CCC2. The summed E-state index contributed by atoms with van der Waals surface area (Å²) in [4.78, 5) is 27.7. The van der Waals surface area contributed by atoms with Gasteiger partial charge in [-0.2, -0.15) is 13.2 Å². The number of alkyl halides is 3. The van der Waals surface area contributed by atoms with Crippen molar-refractivity contribution in [2.24, 2.45) is 0 Å². The molecule has 1 aromatic carbocycles. The molecule has 1 unspecified atom stereocenters. The molecular weight excluding hydrogens is 345 g/mol. The number of hydrogen-bond acceptors (Lipinski definition) is 2. The highest BCUT2D eigenvalue weighted by atomic mass is 19.4. The molecule has 26 heavy (non-hydrogen) atoms. The highest BCUT2D eigenvalue weighted by Gasteiger charge is 2.31. The second-order valence-corrected chi connectivity index (χ2v) is 6.57. The van der Waals surface area contributed by atoms with Crippen LogP contribution in [0.5, 0.6) is 0 Å². The number of aromatic amines is 1. The predicted molar refractivity (Wildman–Crippen MR) is 90.1 cm³/mol. The number of amides is 1. The Morgan fingerprint density at radius 1 is 1.27 bits per heavy atom. The minimum atomic E-state index is -4.44. The van der Waals surface area contributed by atoms with E-state index in [0.717, 1.165) is 24.2 Å². The molecule has 1 atom stereocenters. The first-order chi connectivity index (χ1) is 12.2. The van der Waals surface area contributed by atoms with Crippen molar-refractivity contribution in [1.82, 2.24) is 10.3 Å². The number of carbonyl (C=O) groups is 2. The number of halogens is 3. The maximum Gasteiger partial charge on any atom is 0.416 e. The second kappa shape index (κ2) is 6.63. The number of rotatable bonds is 3. The van der Waals surface area contributed by atoms with E-state index in [1.54, 1.807) is 13.8 Å². The average molecular weight is 364 g/mol. The molecule has 0 bridgehead atoms. The molecule has 4 nitrogen and oxygen atoms in total. The van der Waals surface area contributed by atoms with Gasteiger partial charge in [0.1, 0.15) is 5.69 Å². The minimum absolute atomic E-state index is 0.0185. The summed E-state index contributed by atoms with van der Waals surface area (Å²) in [6.45, 7) is 3.33. The number of Topliss-reactive ketones (excluding diaryl/α,β-unsaturated/α-hetero) is 1. The number of hydrogen-bond donors (Lipinski definition) is 2. The summed E-state index contributed by atoms with van der Waals surface area (Å²) < 4.78 is 38.6. The first kappa shape index (κ1) is 18.2. The van der Waals surface area contributed by atoms with Crippen LogP contribution in [0, 0.1) is 6.92 Å². The largest absolute Gasteiger partial charge is 0.416 e. The predicted octanol–water partition coefficient (Wildman–Crippen LogP) is 4.35. The zero-order valence-corrected chi connectivity index (χ0v) is 14.5. The summed E-state index contributed by atoms with van der Waals surface area (Å²) in [5.41, 5.74) is 1.83. The van der Waals surface area contributed by atoms with Gasteiger partial charge in [0.05, 0.1) is 11.6 Å². The highest BCUT2D eigenvalue weighted by molar-refractivity contribution is 6.04. The van der Waals surface area contributed by atoms with Crippen molar-refractivity contribution in [3.63, 3.8) is 0 Å². The Kier molecular flexibility index (Phi) is 4.64. The van der Waals surface area contributed by atoms with Gasteiger partial charge in [-0.3, -0.25) is 9.59 Å². The molecule has 1 aromatic heterocycles. The molecule has 0 radical (unpaired) electrons. The van der Waals surface area contributed by atoms with Crippen molar-refractivity contribution in [2.45, 2.75) is 45.3 Å². The fourth-order valence-corrected chi connectivity index (χ4v) is 3.34. The minimum Gasteiger partial charge on any atom is -0.354 e. The third-order valence-electron chi connectivity index (χ3n) is 4.73. The van der Waals surface area contributed by atoms with E-state index < -0.39 is 23.7 Å². The Morgan fingerprint density at radius 3 is 2.65 bits per heavy atom. The van der Waals surface area contributed by atoms with E-state index in [1.807, 2.05) is 0 Å². The molecule has 0 spiro atoms. The Hall–Kier alpha value is -2.57. The zero-order valence-electron chi connectivity index (χ0n) is 14.5. The lowest BCUT2D eigenvalue weighted by Crippen LogP contribution is -2.27. The number of ketones is 1. The molecule has 3 rings (SSSR count). The number of carbonyl (C=O) groups excluding carboxylic acids is 2. The monoisotopic (exact) mass is 364 g/mol. The Labute approximate surface area is 148 Å². The molecule has 2 N–H and O–H groups in total. The lowest BCUT2D eigenvalue weighted by Gasteiger charge is -2.16. The van der Waals surface area contributed by atoms with E-state index in [0.29, 0.717) is 35.2 Å². The molecule has 138 valence electrons. The van der Waals surface area contributed by atoms with Crippen LogP contribution < -0.4 is 5.32 Å². The van der Waals surface area contributed by atoms with Crippen molar-refractivity contribution in [2.75, 3.05) is 0 Å². The summed E-state index contributed by atoms with van der Waals surface area (Å²) in [5, 5.41) is 2.71. The molecule has 1 heterocycles. The van der Waals surface area contributed by atoms with Gasteiger partial charge < -0.3 is 10.3 Å². The molecule has 1 aliphatic carbocycles. The molecule has 2 aromatic rings. The Balaban J connectivity index is 1.82.